The first kappa shape index (κ1) is 23.2. The van der Waals surface area contributed by atoms with E-state index in [0.717, 1.165) is 44.9 Å². The van der Waals surface area contributed by atoms with Gasteiger partial charge in [-0.3, -0.25) is 9.48 Å². The molecule has 0 unspecified atom stereocenters. The summed E-state index contributed by atoms with van der Waals surface area (Å²) in [6.45, 7) is 3.04. The molecule has 0 aromatic carbocycles. The number of rotatable bonds is 8. The van der Waals surface area contributed by atoms with Crippen molar-refractivity contribution >= 4 is 15.9 Å². The van der Waals surface area contributed by atoms with Gasteiger partial charge in [0.15, 0.2) is 0 Å². The number of ether oxygens (including phenoxy) is 1. The molecule has 2 aliphatic rings. The molecule has 1 aromatic heterocycles. The number of nitrogens with zero attached hydrogens (tertiary/aromatic N) is 3. The largest absolute Gasteiger partial charge is 0.376 e. The molecule has 1 amide bonds. The van der Waals surface area contributed by atoms with Crippen LogP contribution >= 0.6 is 0 Å². The van der Waals surface area contributed by atoms with Crippen molar-refractivity contribution in [1.29, 1.82) is 0 Å². The van der Waals surface area contributed by atoms with Gasteiger partial charge in [0.25, 0.3) is 0 Å². The monoisotopic (exact) mass is 440 g/mol. The molecule has 0 spiro atoms. The molecular formula is C21H36N4O4S. The number of piperidine rings is 1. The number of sulfonamides is 1. The first-order chi connectivity index (χ1) is 14.3. The van der Waals surface area contributed by atoms with E-state index in [1.54, 1.807) is 0 Å². The molecule has 2 atom stereocenters. The summed E-state index contributed by atoms with van der Waals surface area (Å²) in [6.07, 6.45) is 12.2. The molecule has 1 saturated heterocycles. The minimum absolute atomic E-state index is 0.0892. The van der Waals surface area contributed by atoms with Crippen molar-refractivity contribution in [1.82, 2.24) is 19.4 Å². The van der Waals surface area contributed by atoms with E-state index in [1.165, 1.54) is 11.8 Å². The highest BCUT2D eigenvalue weighted by atomic mass is 32.2. The first-order valence-corrected chi connectivity index (χ1v) is 13.0. The zero-order valence-corrected chi connectivity index (χ0v) is 19.2. The highest BCUT2D eigenvalue weighted by molar-refractivity contribution is 7.88. The van der Waals surface area contributed by atoms with Crippen LogP contribution in [0.15, 0.2) is 12.4 Å². The molecule has 9 heteroatoms. The van der Waals surface area contributed by atoms with Crippen molar-refractivity contribution in [3.05, 3.63) is 18.0 Å². The van der Waals surface area contributed by atoms with Gasteiger partial charge in [-0.25, -0.2) is 13.1 Å². The van der Waals surface area contributed by atoms with Gasteiger partial charge in [-0.1, -0.05) is 6.92 Å². The third-order valence-corrected chi connectivity index (χ3v) is 7.03. The molecule has 0 radical (unpaired) electrons. The number of nitrogens with one attached hydrogen (secondary N) is 1. The molecule has 2 fully saturated rings. The first-order valence-electron chi connectivity index (χ1n) is 11.1. The molecule has 1 aromatic rings. The Morgan fingerprint density at radius 2 is 2.00 bits per heavy atom. The van der Waals surface area contributed by atoms with Crippen LogP contribution in [-0.2, 0) is 26.6 Å². The number of carbonyl (C=O) groups excluding carboxylic acids is 1. The summed E-state index contributed by atoms with van der Waals surface area (Å²) in [5.74, 6) is 0.613. The third-order valence-electron chi connectivity index (χ3n) is 6.30. The van der Waals surface area contributed by atoms with Crippen LogP contribution in [0.4, 0.5) is 0 Å². The second-order valence-corrected chi connectivity index (χ2v) is 10.6. The Morgan fingerprint density at radius 3 is 2.60 bits per heavy atom. The van der Waals surface area contributed by atoms with Crippen LogP contribution in [0.3, 0.4) is 0 Å². The minimum Gasteiger partial charge on any atom is -0.376 e. The molecule has 0 bridgehead atoms. The molecule has 1 aliphatic heterocycles. The van der Waals surface area contributed by atoms with Crippen LogP contribution in [-0.4, -0.2) is 66.6 Å². The lowest BCUT2D eigenvalue weighted by molar-refractivity contribution is -0.138. The Balaban J connectivity index is 1.59. The Bertz CT molecular complexity index is 802. The van der Waals surface area contributed by atoms with E-state index in [-0.39, 0.29) is 24.1 Å². The van der Waals surface area contributed by atoms with Crippen molar-refractivity contribution in [2.24, 2.45) is 7.05 Å². The summed E-state index contributed by atoms with van der Waals surface area (Å²) in [5.41, 5.74) is 1.29. The van der Waals surface area contributed by atoms with Gasteiger partial charge in [-0.05, 0) is 56.4 Å². The topological polar surface area (TPSA) is 93.5 Å². The van der Waals surface area contributed by atoms with Crippen molar-refractivity contribution in [2.45, 2.75) is 82.4 Å². The molecule has 3 rings (SSSR count). The predicted molar refractivity (Wildman–Crippen MR) is 116 cm³/mol. The minimum atomic E-state index is -3.35. The predicted octanol–water partition coefficient (Wildman–Crippen LogP) is 2.17. The summed E-state index contributed by atoms with van der Waals surface area (Å²) >= 11 is 0. The van der Waals surface area contributed by atoms with Gasteiger partial charge in [0.2, 0.25) is 15.9 Å². The summed E-state index contributed by atoms with van der Waals surface area (Å²) < 4.78 is 34.6. The van der Waals surface area contributed by atoms with Gasteiger partial charge in [0.1, 0.15) is 0 Å². The van der Waals surface area contributed by atoms with Crippen LogP contribution in [0, 0.1) is 0 Å². The fraction of sp³-hybridized carbons (Fsp3) is 0.810. The summed E-state index contributed by atoms with van der Waals surface area (Å²) in [7, 11) is -1.41. The molecule has 30 heavy (non-hydrogen) atoms. The summed E-state index contributed by atoms with van der Waals surface area (Å²) in [5, 5.41) is 4.28. The Morgan fingerprint density at radius 1 is 1.27 bits per heavy atom. The smallest absolute Gasteiger partial charge is 0.222 e. The Labute approximate surface area is 180 Å². The standard InChI is InChI=1S/C21H36N4O4S/c1-4-6-21(26)25-12-5-7-19(23-30(3,27)28)20(25)15-29-18-10-8-16(9-11-18)17-13-22-24(2)14-17/h13-14,16,18-20,23H,4-12,15H2,1-3H3/t16?,18?,19-,20-/m0/s1. The van der Waals surface area contributed by atoms with E-state index in [9.17, 15) is 13.2 Å². The maximum Gasteiger partial charge on any atom is 0.222 e. The lowest BCUT2D eigenvalue weighted by atomic mass is 9.84. The van der Waals surface area contributed by atoms with Crippen molar-refractivity contribution in [3.63, 3.8) is 0 Å². The van der Waals surface area contributed by atoms with E-state index in [2.05, 4.69) is 16.0 Å². The fourth-order valence-electron chi connectivity index (χ4n) is 4.79. The van der Waals surface area contributed by atoms with E-state index in [4.69, 9.17) is 4.74 Å². The average Bonchev–Trinajstić information content (AvgIpc) is 3.12. The number of carbonyl (C=O) groups is 1. The van der Waals surface area contributed by atoms with Gasteiger partial charge in [0.05, 0.1) is 31.2 Å². The third kappa shape index (κ3) is 6.28. The number of amides is 1. The van der Waals surface area contributed by atoms with Crippen molar-refractivity contribution in [2.75, 3.05) is 19.4 Å². The molecule has 1 aliphatic carbocycles. The number of aromatic nitrogens is 2. The van der Waals surface area contributed by atoms with E-state index in [0.29, 0.717) is 25.5 Å². The molecule has 1 N–H and O–H groups in total. The lowest BCUT2D eigenvalue weighted by Gasteiger charge is -2.42. The van der Waals surface area contributed by atoms with E-state index < -0.39 is 10.0 Å². The Hall–Kier alpha value is -1.45. The molecule has 2 heterocycles. The van der Waals surface area contributed by atoms with Gasteiger partial charge in [0, 0.05) is 32.3 Å². The average molecular weight is 441 g/mol. The summed E-state index contributed by atoms with van der Waals surface area (Å²) in [4.78, 5) is 14.5. The molecule has 1 saturated carbocycles. The van der Waals surface area contributed by atoms with E-state index in [1.807, 2.05) is 29.7 Å². The Kier molecular flexibility index (Phi) is 7.92. The maximum atomic E-state index is 12.7. The second kappa shape index (κ2) is 10.2. The molecular weight excluding hydrogens is 404 g/mol. The SMILES string of the molecule is CCCC(=O)N1CCC[C@H](NS(C)(=O)=O)[C@@H]1COC1CCC(c2cnn(C)c2)CC1. The van der Waals surface area contributed by atoms with E-state index >= 15 is 0 Å². The van der Waals surface area contributed by atoms with Gasteiger partial charge >= 0.3 is 0 Å². The molecule has 8 nitrogen and oxygen atoms in total. The molecule has 170 valence electrons. The number of likely N-dealkylation sites (tertiary alicyclic amines) is 1. The highest BCUT2D eigenvalue weighted by Gasteiger charge is 2.36. The highest BCUT2D eigenvalue weighted by Crippen LogP contribution is 2.34. The van der Waals surface area contributed by atoms with Crippen LogP contribution < -0.4 is 4.72 Å². The van der Waals surface area contributed by atoms with Crippen molar-refractivity contribution in [3.8, 4) is 0 Å². The van der Waals surface area contributed by atoms with Crippen molar-refractivity contribution < 1.29 is 17.9 Å². The zero-order valence-electron chi connectivity index (χ0n) is 18.4. The number of hydrogen-bond acceptors (Lipinski definition) is 5. The number of hydrogen-bond donors (Lipinski definition) is 1. The van der Waals surface area contributed by atoms with Crippen LogP contribution in [0.5, 0.6) is 0 Å². The lowest BCUT2D eigenvalue weighted by Crippen LogP contribution is -2.59. The fourth-order valence-corrected chi connectivity index (χ4v) is 5.62. The van der Waals surface area contributed by atoms with Gasteiger partial charge in [-0.15, -0.1) is 0 Å². The number of aryl methyl sites for hydroxylation is 1. The maximum absolute atomic E-state index is 12.7. The van der Waals surface area contributed by atoms with Gasteiger partial charge in [-0.2, -0.15) is 5.10 Å². The van der Waals surface area contributed by atoms with Crippen LogP contribution in [0.25, 0.3) is 0 Å². The van der Waals surface area contributed by atoms with Gasteiger partial charge < -0.3 is 9.64 Å². The van der Waals surface area contributed by atoms with Crippen LogP contribution in [0.2, 0.25) is 0 Å². The zero-order chi connectivity index (χ0) is 21.7. The quantitative estimate of drug-likeness (QED) is 0.669. The normalized spacial score (nSPS) is 27.9. The van der Waals surface area contributed by atoms with Crippen LogP contribution in [0.1, 0.15) is 69.8 Å². The summed E-state index contributed by atoms with van der Waals surface area (Å²) in [6, 6.07) is -0.537. The second-order valence-electron chi connectivity index (χ2n) is 8.80.